The first kappa shape index (κ1) is 19.2. The third kappa shape index (κ3) is 4.67. The smallest absolute Gasteiger partial charge is 0.313 e. The van der Waals surface area contributed by atoms with Gasteiger partial charge in [-0.3, -0.25) is 14.5 Å². The predicted octanol–water partition coefficient (Wildman–Crippen LogP) is 1.54. The molecule has 2 heterocycles. The molecule has 2 N–H and O–H groups in total. The second kappa shape index (κ2) is 8.93. The van der Waals surface area contributed by atoms with E-state index in [1.165, 1.54) is 0 Å². The van der Waals surface area contributed by atoms with Crippen LogP contribution in [0.3, 0.4) is 0 Å². The third-order valence-corrected chi connectivity index (χ3v) is 4.96. The number of carbonyl (C=O) groups is 2. The Morgan fingerprint density at radius 1 is 0.966 bits per heavy atom. The SMILES string of the molecule is O=C(NC[C@H](c1ccc2c(c1)OCO2)N1CCOCC1)C(=O)Nc1ccccc1. The summed E-state index contributed by atoms with van der Waals surface area (Å²) in [7, 11) is 0. The van der Waals surface area contributed by atoms with Crippen molar-refractivity contribution in [1.29, 1.82) is 0 Å². The summed E-state index contributed by atoms with van der Waals surface area (Å²) in [6, 6.07) is 14.5. The number of hydrogen-bond acceptors (Lipinski definition) is 6. The number of nitrogens with zero attached hydrogens (tertiary/aromatic N) is 1. The molecule has 29 heavy (non-hydrogen) atoms. The molecule has 0 unspecified atom stereocenters. The molecule has 1 saturated heterocycles. The van der Waals surface area contributed by atoms with Gasteiger partial charge in [-0.25, -0.2) is 0 Å². The van der Waals surface area contributed by atoms with E-state index in [9.17, 15) is 9.59 Å². The van der Waals surface area contributed by atoms with Crippen molar-refractivity contribution >= 4 is 17.5 Å². The minimum atomic E-state index is -0.692. The van der Waals surface area contributed by atoms with E-state index in [-0.39, 0.29) is 12.8 Å². The molecule has 2 aromatic rings. The van der Waals surface area contributed by atoms with Crippen molar-refractivity contribution in [2.24, 2.45) is 0 Å². The molecule has 8 nitrogen and oxygen atoms in total. The molecule has 0 bridgehead atoms. The normalized spacial score (nSPS) is 16.8. The minimum absolute atomic E-state index is 0.109. The van der Waals surface area contributed by atoms with Gasteiger partial charge in [0.2, 0.25) is 6.79 Å². The largest absolute Gasteiger partial charge is 0.454 e. The van der Waals surface area contributed by atoms with Crippen LogP contribution in [0.25, 0.3) is 0 Å². The summed E-state index contributed by atoms with van der Waals surface area (Å²) in [6.45, 7) is 3.24. The molecule has 2 amide bonds. The van der Waals surface area contributed by atoms with Gasteiger partial charge in [-0.05, 0) is 29.8 Å². The van der Waals surface area contributed by atoms with Crippen LogP contribution in [0.4, 0.5) is 5.69 Å². The standard InChI is InChI=1S/C21H23N3O5/c25-20(21(26)23-16-4-2-1-3-5-16)22-13-17(24-8-10-27-11-9-24)15-6-7-18-19(12-15)29-14-28-18/h1-7,12,17H,8-11,13-14H2,(H,22,25)(H,23,26)/t17-/m1/s1. The zero-order valence-corrected chi connectivity index (χ0v) is 15.9. The average molecular weight is 397 g/mol. The second-order valence-electron chi connectivity index (χ2n) is 6.81. The fraction of sp³-hybridized carbons (Fsp3) is 0.333. The maximum Gasteiger partial charge on any atom is 0.313 e. The van der Waals surface area contributed by atoms with E-state index in [1.807, 2.05) is 24.3 Å². The van der Waals surface area contributed by atoms with Gasteiger partial charge in [0.15, 0.2) is 11.5 Å². The van der Waals surface area contributed by atoms with Gasteiger partial charge in [0, 0.05) is 25.3 Å². The van der Waals surface area contributed by atoms with E-state index < -0.39 is 11.8 Å². The molecule has 2 aliphatic rings. The lowest BCUT2D eigenvalue weighted by Crippen LogP contribution is -2.45. The Bertz CT molecular complexity index is 868. The van der Waals surface area contributed by atoms with Gasteiger partial charge in [-0.15, -0.1) is 0 Å². The van der Waals surface area contributed by atoms with E-state index in [0.29, 0.717) is 36.9 Å². The van der Waals surface area contributed by atoms with E-state index >= 15 is 0 Å². The van der Waals surface area contributed by atoms with E-state index in [0.717, 1.165) is 18.7 Å². The van der Waals surface area contributed by atoms with E-state index in [1.54, 1.807) is 24.3 Å². The number of benzene rings is 2. The maximum atomic E-state index is 12.3. The first-order chi connectivity index (χ1) is 14.2. The average Bonchev–Trinajstić information content (AvgIpc) is 3.23. The molecule has 0 aromatic heterocycles. The zero-order valence-electron chi connectivity index (χ0n) is 15.9. The van der Waals surface area contributed by atoms with Crippen LogP contribution in [0.15, 0.2) is 48.5 Å². The number of rotatable bonds is 5. The molecule has 1 atom stereocenters. The Morgan fingerprint density at radius 3 is 2.52 bits per heavy atom. The molecule has 8 heteroatoms. The summed E-state index contributed by atoms with van der Waals surface area (Å²) in [6.07, 6.45) is 0. The lowest BCUT2D eigenvalue weighted by atomic mass is 10.0. The summed E-state index contributed by atoms with van der Waals surface area (Å²) < 4.78 is 16.3. The van der Waals surface area contributed by atoms with Crippen molar-refractivity contribution in [1.82, 2.24) is 10.2 Å². The van der Waals surface area contributed by atoms with Gasteiger partial charge in [0.1, 0.15) is 0 Å². The Morgan fingerprint density at radius 2 is 1.72 bits per heavy atom. The highest BCUT2D eigenvalue weighted by Crippen LogP contribution is 2.35. The fourth-order valence-corrected chi connectivity index (χ4v) is 3.45. The summed E-state index contributed by atoms with van der Waals surface area (Å²) in [5, 5.41) is 5.36. The highest BCUT2D eigenvalue weighted by molar-refractivity contribution is 6.39. The van der Waals surface area contributed by atoms with E-state index in [4.69, 9.17) is 14.2 Å². The van der Waals surface area contributed by atoms with E-state index in [2.05, 4.69) is 15.5 Å². The number of amides is 2. The van der Waals surface area contributed by atoms with Gasteiger partial charge < -0.3 is 24.8 Å². The molecule has 0 aliphatic carbocycles. The summed E-state index contributed by atoms with van der Waals surface area (Å²) in [5.74, 6) is 0.0325. The number of fused-ring (bicyclic) bond motifs is 1. The molecular formula is C21H23N3O5. The number of nitrogens with one attached hydrogen (secondary N) is 2. The minimum Gasteiger partial charge on any atom is -0.454 e. The first-order valence-electron chi connectivity index (χ1n) is 9.56. The molecule has 152 valence electrons. The lowest BCUT2D eigenvalue weighted by molar-refractivity contribution is -0.136. The Labute approximate surface area is 168 Å². The molecule has 0 spiro atoms. The Kier molecular flexibility index (Phi) is 5.92. The number of hydrogen-bond donors (Lipinski definition) is 2. The van der Waals surface area contributed by atoms with Crippen LogP contribution in [0, 0.1) is 0 Å². The molecule has 1 fully saturated rings. The number of ether oxygens (including phenoxy) is 3. The Balaban J connectivity index is 1.44. The summed E-state index contributed by atoms with van der Waals surface area (Å²) >= 11 is 0. The topological polar surface area (TPSA) is 89.1 Å². The highest BCUT2D eigenvalue weighted by Gasteiger charge is 2.26. The molecule has 0 saturated carbocycles. The van der Waals surface area contributed by atoms with Gasteiger partial charge >= 0.3 is 11.8 Å². The molecule has 2 aliphatic heterocycles. The Hall–Kier alpha value is -3.10. The van der Waals surface area contributed by atoms with Gasteiger partial charge in [0.05, 0.1) is 19.3 Å². The van der Waals surface area contributed by atoms with Crippen LogP contribution in [0.5, 0.6) is 11.5 Å². The maximum absolute atomic E-state index is 12.3. The number of carbonyl (C=O) groups excluding carboxylic acids is 2. The van der Waals surface area contributed by atoms with Crippen LogP contribution >= 0.6 is 0 Å². The predicted molar refractivity (Wildman–Crippen MR) is 106 cm³/mol. The van der Waals surface area contributed by atoms with Crippen molar-refractivity contribution in [2.75, 3.05) is 45.0 Å². The fourth-order valence-electron chi connectivity index (χ4n) is 3.45. The summed E-state index contributed by atoms with van der Waals surface area (Å²) in [4.78, 5) is 26.8. The van der Waals surface area contributed by atoms with Crippen molar-refractivity contribution < 1.29 is 23.8 Å². The molecule has 4 rings (SSSR count). The van der Waals surface area contributed by atoms with Crippen molar-refractivity contribution in [3.63, 3.8) is 0 Å². The van der Waals surface area contributed by atoms with Crippen LogP contribution in [-0.2, 0) is 14.3 Å². The molecule has 0 radical (unpaired) electrons. The molecular weight excluding hydrogens is 374 g/mol. The quantitative estimate of drug-likeness (QED) is 0.744. The van der Waals surface area contributed by atoms with Crippen molar-refractivity contribution in [3.05, 3.63) is 54.1 Å². The summed E-state index contributed by atoms with van der Waals surface area (Å²) in [5.41, 5.74) is 1.56. The van der Waals surface area contributed by atoms with Crippen LogP contribution in [-0.4, -0.2) is 56.4 Å². The number of para-hydroxylation sites is 1. The first-order valence-corrected chi connectivity index (χ1v) is 9.56. The highest BCUT2D eigenvalue weighted by atomic mass is 16.7. The van der Waals surface area contributed by atoms with Crippen LogP contribution in [0.2, 0.25) is 0 Å². The lowest BCUT2D eigenvalue weighted by Gasteiger charge is -2.34. The van der Waals surface area contributed by atoms with Crippen molar-refractivity contribution in [2.45, 2.75) is 6.04 Å². The van der Waals surface area contributed by atoms with Gasteiger partial charge in [-0.2, -0.15) is 0 Å². The van der Waals surface area contributed by atoms with Crippen LogP contribution < -0.4 is 20.1 Å². The molecule has 2 aromatic carbocycles. The van der Waals surface area contributed by atoms with Gasteiger partial charge in [-0.1, -0.05) is 24.3 Å². The van der Waals surface area contributed by atoms with Crippen molar-refractivity contribution in [3.8, 4) is 11.5 Å². The third-order valence-electron chi connectivity index (χ3n) is 4.96. The zero-order chi connectivity index (χ0) is 20.1. The second-order valence-corrected chi connectivity index (χ2v) is 6.81. The number of morpholine rings is 1. The van der Waals surface area contributed by atoms with Crippen LogP contribution in [0.1, 0.15) is 11.6 Å². The van der Waals surface area contributed by atoms with Gasteiger partial charge in [0.25, 0.3) is 0 Å². The monoisotopic (exact) mass is 397 g/mol. The number of anilines is 1.